The van der Waals surface area contributed by atoms with Gasteiger partial charge in [-0.2, -0.15) is 5.26 Å². The van der Waals surface area contributed by atoms with Crippen molar-refractivity contribution in [1.29, 1.82) is 5.26 Å². The zero-order valence-corrected chi connectivity index (χ0v) is 9.45. The van der Waals surface area contributed by atoms with Gasteiger partial charge in [-0.3, -0.25) is 4.79 Å². The van der Waals surface area contributed by atoms with Gasteiger partial charge in [0, 0.05) is 12.0 Å². The molecule has 4 heteroatoms. The van der Waals surface area contributed by atoms with Crippen LogP contribution < -0.4 is 11.1 Å². The van der Waals surface area contributed by atoms with E-state index in [1.807, 2.05) is 6.07 Å². The van der Waals surface area contributed by atoms with Gasteiger partial charge in [-0.15, -0.1) is 0 Å². The lowest BCUT2D eigenvalue weighted by Gasteiger charge is -2.17. The van der Waals surface area contributed by atoms with E-state index in [9.17, 15) is 4.79 Å². The number of rotatable bonds is 3. The summed E-state index contributed by atoms with van der Waals surface area (Å²) in [4.78, 5) is 11.6. The number of nitriles is 1. The molecule has 0 radical (unpaired) electrons. The molecule has 1 aromatic rings. The van der Waals surface area contributed by atoms with Crippen LogP contribution in [0.4, 0.5) is 5.69 Å². The fourth-order valence-corrected chi connectivity index (χ4v) is 1.30. The van der Waals surface area contributed by atoms with Crippen molar-refractivity contribution >= 4 is 11.6 Å². The molecular formula is C12H15N3O. The summed E-state index contributed by atoms with van der Waals surface area (Å²) < 4.78 is 0. The zero-order chi connectivity index (χ0) is 12.2. The van der Waals surface area contributed by atoms with Crippen LogP contribution in [-0.4, -0.2) is 11.4 Å². The van der Waals surface area contributed by atoms with Crippen molar-refractivity contribution in [3.8, 4) is 6.07 Å². The predicted molar refractivity (Wildman–Crippen MR) is 62.7 cm³/mol. The first-order chi connectivity index (χ1) is 7.42. The van der Waals surface area contributed by atoms with Crippen molar-refractivity contribution in [3.63, 3.8) is 0 Å². The Bertz CT molecular complexity index is 427. The van der Waals surface area contributed by atoms with Crippen LogP contribution in [-0.2, 0) is 4.79 Å². The summed E-state index contributed by atoms with van der Waals surface area (Å²) in [5.74, 6) is -0.185. The summed E-state index contributed by atoms with van der Waals surface area (Å²) in [5, 5.41) is 11.5. The first kappa shape index (κ1) is 12.2. The first-order valence-corrected chi connectivity index (χ1v) is 5.00. The Hall–Kier alpha value is -1.86. The number of amides is 1. The number of hydrogen-bond donors (Lipinski definition) is 2. The summed E-state index contributed by atoms with van der Waals surface area (Å²) in [6, 6.07) is 8.89. The Morgan fingerprint density at radius 1 is 1.50 bits per heavy atom. The maximum absolute atomic E-state index is 11.6. The topological polar surface area (TPSA) is 78.9 Å². The van der Waals surface area contributed by atoms with Crippen LogP contribution in [0.2, 0.25) is 0 Å². The normalized spacial score (nSPS) is 10.6. The Balaban J connectivity index is 2.75. The van der Waals surface area contributed by atoms with Crippen molar-refractivity contribution in [2.75, 3.05) is 5.32 Å². The van der Waals surface area contributed by atoms with E-state index in [1.54, 1.807) is 38.1 Å². The zero-order valence-electron chi connectivity index (χ0n) is 9.45. The highest BCUT2D eigenvalue weighted by atomic mass is 16.1. The number of nitrogens with zero attached hydrogens (tertiary/aromatic N) is 1. The predicted octanol–water partition coefficient (Wildman–Crippen LogP) is 1.62. The Labute approximate surface area is 95.1 Å². The molecule has 0 atom stereocenters. The van der Waals surface area contributed by atoms with E-state index in [0.29, 0.717) is 11.3 Å². The molecule has 0 spiro atoms. The number of carbonyl (C=O) groups excluding carboxylic acids is 1. The second-order valence-corrected chi connectivity index (χ2v) is 4.37. The molecule has 0 bridgehead atoms. The lowest BCUT2D eigenvalue weighted by molar-refractivity contribution is -0.117. The summed E-state index contributed by atoms with van der Waals surface area (Å²) in [5.41, 5.74) is 6.16. The summed E-state index contributed by atoms with van der Waals surface area (Å²) in [6.45, 7) is 3.56. The molecule has 1 amide bonds. The lowest BCUT2D eigenvalue weighted by Crippen LogP contribution is -2.36. The van der Waals surface area contributed by atoms with Crippen molar-refractivity contribution in [2.45, 2.75) is 25.8 Å². The maximum atomic E-state index is 11.6. The van der Waals surface area contributed by atoms with E-state index in [0.717, 1.165) is 0 Å². The number of hydrogen-bond acceptors (Lipinski definition) is 3. The highest BCUT2D eigenvalue weighted by Crippen LogP contribution is 2.15. The maximum Gasteiger partial charge on any atom is 0.226 e. The third-order valence-electron chi connectivity index (χ3n) is 1.94. The van der Waals surface area contributed by atoms with E-state index in [2.05, 4.69) is 5.32 Å². The van der Waals surface area contributed by atoms with Gasteiger partial charge >= 0.3 is 0 Å². The molecule has 4 nitrogen and oxygen atoms in total. The smallest absolute Gasteiger partial charge is 0.226 e. The molecule has 0 aliphatic heterocycles. The molecule has 0 aromatic heterocycles. The van der Waals surface area contributed by atoms with Crippen LogP contribution in [0.3, 0.4) is 0 Å². The van der Waals surface area contributed by atoms with Crippen LogP contribution in [0.15, 0.2) is 24.3 Å². The van der Waals surface area contributed by atoms with E-state index >= 15 is 0 Å². The molecule has 3 N–H and O–H groups in total. The number of para-hydroxylation sites is 1. The average molecular weight is 217 g/mol. The minimum Gasteiger partial charge on any atom is -0.325 e. The first-order valence-electron chi connectivity index (χ1n) is 5.00. The molecule has 0 aliphatic rings. The molecule has 0 saturated carbocycles. The third-order valence-corrected chi connectivity index (χ3v) is 1.94. The van der Waals surface area contributed by atoms with Gasteiger partial charge < -0.3 is 11.1 Å². The van der Waals surface area contributed by atoms with Crippen LogP contribution in [0.25, 0.3) is 0 Å². The summed E-state index contributed by atoms with van der Waals surface area (Å²) in [6.07, 6.45) is 0.215. The number of anilines is 1. The molecule has 0 saturated heterocycles. The van der Waals surface area contributed by atoms with Crippen LogP contribution in [0.5, 0.6) is 0 Å². The number of nitrogens with one attached hydrogen (secondary N) is 1. The molecular weight excluding hydrogens is 202 g/mol. The highest BCUT2D eigenvalue weighted by Gasteiger charge is 2.16. The molecule has 0 heterocycles. The van der Waals surface area contributed by atoms with Crippen LogP contribution in [0.1, 0.15) is 25.8 Å². The van der Waals surface area contributed by atoms with E-state index in [-0.39, 0.29) is 12.3 Å². The molecule has 1 rings (SSSR count). The fourth-order valence-electron chi connectivity index (χ4n) is 1.30. The minimum atomic E-state index is -0.550. The molecule has 16 heavy (non-hydrogen) atoms. The summed E-state index contributed by atoms with van der Waals surface area (Å²) >= 11 is 0. The number of benzene rings is 1. The quantitative estimate of drug-likeness (QED) is 0.807. The monoisotopic (exact) mass is 217 g/mol. The second-order valence-electron chi connectivity index (χ2n) is 4.37. The van der Waals surface area contributed by atoms with Gasteiger partial charge in [0.15, 0.2) is 0 Å². The van der Waals surface area contributed by atoms with Gasteiger partial charge in [0.1, 0.15) is 6.07 Å². The van der Waals surface area contributed by atoms with Crippen molar-refractivity contribution in [3.05, 3.63) is 29.8 Å². The number of carbonyl (C=O) groups is 1. The van der Waals surface area contributed by atoms with E-state index in [4.69, 9.17) is 11.0 Å². The molecule has 84 valence electrons. The highest BCUT2D eigenvalue weighted by molar-refractivity contribution is 5.92. The van der Waals surface area contributed by atoms with Gasteiger partial charge in [-0.05, 0) is 26.0 Å². The molecule has 1 aromatic carbocycles. The summed E-state index contributed by atoms with van der Waals surface area (Å²) in [7, 11) is 0. The van der Waals surface area contributed by atoms with Gasteiger partial charge in [-0.25, -0.2) is 0 Å². The van der Waals surface area contributed by atoms with Gasteiger partial charge in [0.05, 0.1) is 11.3 Å². The van der Waals surface area contributed by atoms with Crippen molar-refractivity contribution < 1.29 is 4.79 Å². The third kappa shape index (κ3) is 3.71. The standard InChI is InChI=1S/C12H15N3O/c1-12(2,14)7-11(16)15-10-6-4-3-5-9(10)8-13/h3-6H,7,14H2,1-2H3,(H,15,16). The fraction of sp³-hybridized carbons (Fsp3) is 0.333. The molecule has 0 fully saturated rings. The molecule has 0 unspecified atom stereocenters. The van der Waals surface area contributed by atoms with Crippen LogP contribution in [0, 0.1) is 11.3 Å². The number of nitrogens with two attached hydrogens (primary N) is 1. The SMILES string of the molecule is CC(C)(N)CC(=O)Nc1ccccc1C#N. The van der Waals surface area contributed by atoms with E-state index < -0.39 is 5.54 Å². The lowest BCUT2D eigenvalue weighted by atomic mass is 10.0. The Kier molecular flexibility index (Phi) is 3.64. The Morgan fingerprint density at radius 3 is 2.69 bits per heavy atom. The molecule has 0 aliphatic carbocycles. The van der Waals surface area contributed by atoms with Crippen molar-refractivity contribution in [2.24, 2.45) is 5.73 Å². The largest absolute Gasteiger partial charge is 0.325 e. The minimum absolute atomic E-state index is 0.185. The van der Waals surface area contributed by atoms with Gasteiger partial charge in [-0.1, -0.05) is 12.1 Å². The van der Waals surface area contributed by atoms with Crippen molar-refractivity contribution in [1.82, 2.24) is 0 Å². The van der Waals surface area contributed by atoms with E-state index in [1.165, 1.54) is 0 Å². The second kappa shape index (κ2) is 4.77. The average Bonchev–Trinajstić information content (AvgIpc) is 2.15. The van der Waals surface area contributed by atoms with Gasteiger partial charge in [0.2, 0.25) is 5.91 Å². The van der Waals surface area contributed by atoms with Gasteiger partial charge in [0.25, 0.3) is 0 Å². The Morgan fingerprint density at radius 2 is 2.12 bits per heavy atom. The van der Waals surface area contributed by atoms with Crippen LogP contribution >= 0.6 is 0 Å².